The molecule has 2 aromatic heterocycles. The summed E-state index contributed by atoms with van der Waals surface area (Å²) < 4.78 is 8.42. The van der Waals surface area contributed by atoms with Crippen LogP contribution in [0.15, 0.2) is 41.7 Å². The first kappa shape index (κ1) is 12.4. The first-order valence-electron chi connectivity index (χ1n) is 6.18. The Morgan fingerprint density at radius 1 is 1.35 bits per heavy atom. The average molecular weight is 270 g/mol. The molecule has 0 aliphatic rings. The van der Waals surface area contributed by atoms with Crippen molar-refractivity contribution in [2.24, 2.45) is 7.05 Å². The molecule has 0 unspecified atom stereocenters. The predicted molar refractivity (Wildman–Crippen MR) is 74.9 cm³/mol. The van der Waals surface area contributed by atoms with Crippen molar-refractivity contribution in [3.8, 4) is 5.75 Å². The summed E-state index contributed by atoms with van der Waals surface area (Å²) in [5.74, 6) is 0.649. The summed E-state index contributed by atoms with van der Waals surface area (Å²) in [5.41, 5.74) is 1.54. The maximum absolute atomic E-state index is 12.4. The van der Waals surface area contributed by atoms with Crippen molar-refractivity contribution < 1.29 is 4.74 Å². The van der Waals surface area contributed by atoms with Gasteiger partial charge in [-0.05, 0) is 18.2 Å². The smallest absolute Gasteiger partial charge is 0.261 e. The van der Waals surface area contributed by atoms with Gasteiger partial charge in [-0.2, -0.15) is 5.10 Å². The normalized spacial score (nSPS) is 10.9. The fraction of sp³-hybridized carbons (Fsp3) is 0.214. The van der Waals surface area contributed by atoms with Crippen LogP contribution in [0.1, 0.15) is 5.56 Å². The lowest BCUT2D eigenvalue weighted by Crippen LogP contribution is -2.21. The fourth-order valence-electron chi connectivity index (χ4n) is 2.13. The molecular formula is C14H14N4O2. The lowest BCUT2D eigenvalue weighted by Gasteiger charge is -2.06. The van der Waals surface area contributed by atoms with E-state index in [9.17, 15) is 4.79 Å². The van der Waals surface area contributed by atoms with Gasteiger partial charge in [-0.25, -0.2) is 4.98 Å². The third-order valence-corrected chi connectivity index (χ3v) is 3.14. The summed E-state index contributed by atoms with van der Waals surface area (Å²) in [6.45, 7) is 0.451. The zero-order valence-corrected chi connectivity index (χ0v) is 11.3. The lowest BCUT2D eigenvalue weighted by atomic mass is 10.2. The highest BCUT2D eigenvalue weighted by Gasteiger charge is 2.07. The van der Waals surface area contributed by atoms with E-state index >= 15 is 0 Å². The van der Waals surface area contributed by atoms with Crippen LogP contribution in [0.3, 0.4) is 0 Å². The number of nitrogens with zero attached hydrogens (tertiary/aromatic N) is 4. The average Bonchev–Trinajstić information content (AvgIpc) is 2.87. The van der Waals surface area contributed by atoms with Crippen molar-refractivity contribution >= 4 is 10.9 Å². The highest BCUT2D eigenvalue weighted by molar-refractivity contribution is 5.78. The van der Waals surface area contributed by atoms with Crippen molar-refractivity contribution in [2.75, 3.05) is 7.11 Å². The second-order valence-corrected chi connectivity index (χ2v) is 4.58. The molecule has 3 rings (SSSR count). The molecule has 3 aromatic rings. The van der Waals surface area contributed by atoms with Crippen LogP contribution in [0, 0.1) is 0 Å². The van der Waals surface area contributed by atoms with Crippen LogP contribution in [0.5, 0.6) is 5.75 Å². The van der Waals surface area contributed by atoms with Gasteiger partial charge in [0.2, 0.25) is 0 Å². The zero-order chi connectivity index (χ0) is 14.1. The summed E-state index contributed by atoms with van der Waals surface area (Å²) in [6.07, 6.45) is 5.18. The van der Waals surface area contributed by atoms with Gasteiger partial charge in [0.05, 0.1) is 37.1 Å². The number of fused-ring (bicyclic) bond motifs is 1. The molecule has 0 radical (unpaired) electrons. The maximum Gasteiger partial charge on any atom is 0.261 e. The van der Waals surface area contributed by atoms with E-state index in [-0.39, 0.29) is 5.56 Å². The van der Waals surface area contributed by atoms with Crippen molar-refractivity contribution in [2.45, 2.75) is 6.54 Å². The first-order chi connectivity index (χ1) is 9.67. The minimum atomic E-state index is -0.0854. The summed E-state index contributed by atoms with van der Waals surface area (Å²) in [4.78, 5) is 16.7. The van der Waals surface area contributed by atoms with Gasteiger partial charge in [-0.15, -0.1) is 0 Å². The Morgan fingerprint density at radius 3 is 2.90 bits per heavy atom. The SMILES string of the molecule is COc1ccc2ncn(Cc3cnn(C)c3)c(=O)c2c1. The topological polar surface area (TPSA) is 61.9 Å². The molecule has 6 nitrogen and oxygen atoms in total. The van der Waals surface area contributed by atoms with Gasteiger partial charge in [-0.3, -0.25) is 14.0 Å². The molecule has 2 heterocycles. The monoisotopic (exact) mass is 270 g/mol. The van der Waals surface area contributed by atoms with Crippen molar-refractivity contribution in [3.63, 3.8) is 0 Å². The molecule has 20 heavy (non-hydrogen) atoms. The number of benzene rings is 1. The molecule has 0 N–H and O–H groups in total. The molecule has 1 aromatic carbocycles. The molecule has 0 atom stereocenters. The summed E-state index contributed by atoms with van der Waals surface area (Å²) >= 11 is 0. The number of methoxy groups -OCH3 is 1. The first-order valence-corrected chi connectivity index (χ1v) is 6.18. The Kier molecular flexibility index (Phi) is 2.98. The lowest BCUT2D eigenvalue weighted by molar-refractivity contribution is 0.415. The maximum atomic E-state index is 12.4. The Hall–Kier alpha value is -2.63. The van der Waals surface area contributed by atoms with Crippen LogP contribution in [-0.4, -0.2) is 26.4 Å². The van der Waals surface area contributed by atoms with E-state index in [1.54, 1.807) is 47.1 Å². The third kappa shape index (κ3) is 2.16. The largest absolute Gasteiger partial charge is 0.497 e. The minimum Gasteiger partial charge on any atom is -0.497 e. The molecule has 6 heteroatoms. The number of aryl methyl sites for hydroxylation is 1. The van der Waals surface area contributed by atoms with Gasteiger partial charge in [0, 0.05) is 18.8 Å². The van der Waals surface area contributed by atoms with E-state index in [2.05, 4.69) is 10.1 Å². The van der Waals surface area contributed by atoms with Crippen LogP contribution >= 0.6 is 0 Å². The number of rotatable bonds is 3. The molecule has 0 amide bonds. The molecule has 102 valence electrons. The van der Waals surface area contributed by atoms with Crippen molar-refractivity contribution in [1.29, 1.82) is 0 Å². The van der Waals surface area contributed by atoms with Gasteiger partial charge >= 0.3 is 0 Å². The molecule has 0 aliphatic carbocycles. The van der Waals surface area contributed by atoms with Gasteiger partial charge in [0.15, 0.2) is 0 Å². The van der Waals surface area contributed by atoms with Gasteiger partial charge in [0.25, 0.3) is 5.56 Å². The number of hydrogen-bond acceptors (Lipinski definition) is 4. The van der Waals surface area contributed by atoms with Crippen molar-refractivity contribution in [3.05, 3.63) is 52.8 Å². The van der Waals surface area contributed by atoms with Crippen LogP contribution in [0.2, 0.25) is 0 Å². The summed E-state index contributed by atoms with van der Waals surface area (Å²) in [5, 5.41) is 4.64. The standard InChI is InChI=1S/C14H14N4O2/c1-17-7-10(6-16-17)8-18-9-15-13-4-3-11(20-2)5-12(13)14(18)19/h3-7,9H,8H2,1-2H3. The second kappa shape index (κ2) is 4.80. The minimum absolute atomic E-state index is 0.0854. The summed E-state index contributed by atoms with van der Waals surface area (Å²) in [7, 11) is 3.42. The van der Waals surface area contributed by atoms with Crippen molar-refractivity contribution in [1.82, 2.24) is 19.3 Å². The van der Waals surface area contributed by atoms with Crippen LogP contribution < -0.4 is 10.3 Å². The van der Waals surface area contributed by atoms with Crippen LogP contribution in [0.25, 0.3) is 10.9 Å². The number of hydrogen-bond donors (Lipinski definition) is 0. The number of aromatic nitrogens is 4. The summed E-state index contributed by atoms with van der Waals surface area (Å²) in [6, 6.07) is 5.29. The van der Waals surface area contributed by atoms with E-state index in [1.165, 1.54) is 0 Å². The molecule has 0 bridgehead atoms. The quantitative estimate of drug-likeness (QED) is 0.717. The highest BCUT2D eigenvalue weighted by atomic mass is 16.5. The van der Waals surface area contributed by atoms with Gasteiger partial charge < -0.3 is 4.74 Å². The Morgan fingerprint density at radius 2 is 2.20 bits per heavy atom. The van der Waals surface area contributed by atoms with Crippen LogP contribution in [0.4, 0.5) is 0 Å². The van der Waals surface area contributed by atoms with Crippen LogP contribution in [-0.2, 0) is 13.6 Å². The van der Waals surface area contributed by atoms with E-state index < -0.39 is 0 Å². The molecule has 0 aliphatic heterocycles. The Bertz CT molecular complexity index is 819. The predicted octanol–water partition coefficient (Wildman–Crippen LogP) is 1.19. The number of ether oxygens (including phenoxy) is 1. The van der Waals surface area contributed by atoms with Gasteiger partial charge in [-0.1, -0.05) is 0 Å². The van der Waals surface area contributed by atoms with E-state index in [0.717, 1.165) is 5.56 Å². The molecular weight excluding hydrogens is 256 g/mol. The van der Waals surface area contributed by atoms with E-state index in [4.69, 9.17) is 4.74 Å². The second-order valence-electron chi connectivity index (χ2n) is 4.58. The van der Waals surface area contributed by atoms with Gasteiger partial charge in [0.1, 0.15) is 5.75 Å². The highest BCUT2D eigenvalue weighted by Crippen LogP contribution is 2.15. The Balaban J connectivity index is 2.08. The molecule has 0 saturated heterocycles. The Labute approximate surface area is 115 Å². The fourth-order valence-corrected chi connectivity index (χ4v) is 2.13. The molecule has 0 spiro atoms. The zero-order valence-electron chi connectivity index (χ0n) is 11.3. The van der Waals surface area contributed by atoms with E-state index in [1.807, 2.05) is 13.2 Å². The van der Waals surface area contributed by atoms with E-state index in [0.29, 0.717) is 23.2 Å². The molecule has 0 fully saturated rings. The third-order valence-electron chi connectivity index (χ3n) is 3.14. The molecule has 0 saturated carbocycles.